The monoisotopic (exact) mass is 1120 g/mol. The van der Waals surface area contributed by atoms with Crippen LogP contribution in [0.2, 0.25) is 0 Å². The number of phenols is 1. The van der Waals surface area contributed by atoms with Crippen molar-refractivity contribution in [1.82, 2.24) is 0 Å². The van der Waals surface area contributed by atoms with Gasteiger partial charge in [0, 0.05) is 17.7 Å². The number of aromatic hydroxyl groups is 1. The molecule has 0 aromatic heterocycles. The smallest absolute Gasteiger partial charge is 0.269 e. The Labute approximate surface area is 493 Å². The van der Waals surface area contributed by atoms with Gasteiger partial charge in [0.1, 0.15) is 34.2 Å². The van der Waals surface area contributed by atoms with Crippen molar-refractivity contribution in [3.05, 3.63) is 175 Å². The van der Waals surface area contributed by atoms with Gasteiger partial charge in [-0.2, -0.15) is 0 Å². The standard InChI is InChI=1S/C14H22O.C13H20O.C12H18O3.C11H16O.C10H14.C9H11NO3.2CH4/c1-10(2)12-8-7-11(3)9-13(12)15-14(4,5)6;1-10(2)11-8-6-7-9-12(11)14-13(3,4)5;1-8(2)9-6-10(13-3)12(15-5)11(7-9)14-4;1-8(2)11-6-5-10(12-4)7-9(11)3;1-8(2)10-6-4-9(3)5-7-10;1-6(2)8-5-7(10(12)13)3-4-9(8)11;;/h7-10H,1-6H3;6-10H,1-5H3;6-8H,1-5H3;5-8H,1-4H3;4-8H,1-3H3;3-6,11H,1-2H3;2*1H4. The van der Waals surface area contributed by atoms with Crippen LogP contribution < -0.4 is 28.4 Å². The second-order valence-electron chi connectivity index (χ2n) is 23.5. The third-order valence-electron chi connectivity index (χ3n) is 12.2. The molecule has 0 radical (unpaired) electrons. The van der Waals surface area contributed by atoms with E-state index in [1.807, 2.05) is 44.2 Å². The molecule has 0 fully saturated rings. The van der Waals surface area contributed by atoms with E-state index in [9.17, 15) is 15.2 Å². The highest BCUT2D eigenvalue weighted by Crippen LogP contribution is 2.40. The first-order valence-electron chi connectivity index (χ1n) is 27.8. The van der Waals surface area contributed by atoms with Gasteiger partial charge in [-0.1, -0.05) is 164 Å². The number of aryl methyl sites for hydroxylation is 3. The fraction of sp³-hybridized carbons (Fsp3) is 0.493. The number of nitrogens with zero attached hydrogens (tertiary/aromatic N) is 1. The molecule has 6 aromatic rings. The van der Waals surface area contributed by atoms with E-state index < -0.39 is 4.92 Å². The molecule has 0 atom stereocenters. The van der Waals surface area contributed by atoms with Crippen LogP contribution in [0.5, 0.6) is 40.2 Å². The highest BCUT2D eigenvalue weighted by atomic mass is 16.6. The van der Waals surface area contributed by atoms with E-state index in [-0.39, 0.29) is 43.4 Å². The molecule has 0 spiro atoms. The van der Waals surface area contributed by atoms with Gasteiger partial charge < -0.3 is 33.5 Å². The van der Waals surface area contributed by atoms with E-state index in [0.717, 1.165) is 17.2 Å². The van der Waals surface area contributed by atoms with Gasteiger partial charge >= 0.3 is 0 Å². The van der Waals surface area contributed by atoms with Gasteiger partial charge in [-0.15, -0.1) is 0 Å². The Morgan fingerprint density at radius 2 is 0.877 bits per heavy atom. The van der Waals surface area contributed by atoms with E-state index in [0.29, 0.717) is 52.4 Å². The second-order valence-corrected chi connectivity index (χ2v) is 23.5. The van der Waals surface area contributed by atoms with Crippen molar-refractivity contribution >= 4 is 5.69 Å². The molecule has 6 rings (SSSR count). The lowest BCUT2D eigenvalue weighted by atomic mass is 9.98. The summed E-state index contributed by atoms with van der Waals surface area (Å²) in [5.74, 6) is 7.92. The minimum atomic E-state index is -0.467. The summed E-state index contributed by atoms with van der Waals surface area (Å²) in [5.41, 5.74) is 10.8. The summed E-state index contributed by atoms with van der Waals surface area (Å²) in [6, 6.07) is 37.6. The van der Waals surface area contributed by atoms with Gasteiger partial charge in [-0.25, -0.2) is 0 Å². The molecule has 10 nitrogen and oxygen atoms in total. The normalized spacial score (nSPS) is 10.7. The summed E-state index contributed by atoms with van der Waals surface area (Å²) in [4.78, 5) is 9.94. The molecule has 0 aliphatic carbocycles. The molecule has 0 saturated carbocycles. The molecular formula is C71H109NO9. The molecule has 452 valence electrons. The Morgan fingerprint density at radius 1 is 0.432 bits per heavy atom. The van der Waals surface area contributed by atoms with Crippen LogP contribution in [-0.4, -0.2) is 49.7 Å². The van der Waals surface area contributed by atoms with Crippen LogP contribution in [-0.2, 0) is 0 Å². The van der Waals surface area contributed by atoms with E-state index in [2.05, 4.69) is 198 Å². The average molecular weight is 1120 g/mol. The lowest BCUT2D eigenvalue weighted by Gasteiger charge is -2.24. The number of methoxy groups -OCH3 is 4. The summed E-state index contributed by atoms with van der Waals surface area (Å²) in [6.07, 6.45) is 0. The van der Waals surface area contributed by atoms with Crippen molar-refractivity contribution in [3.63, 3.8) is 0 Å². The maximum absolute atomic E-state index is 10.4. The van der Waals surface area contributed by atoms with E-state index in [1.54, 1.807) is 28.4 Å². The SMILES string of the molecule is C.C.CC(C)c1cc([N+](=O)[O-])ccc1O.CC(C)c1ccccc1OC(C)(C)C.COc1cc(C(C)C)cc(OC)c1OC.COc1ccc(C(C)C)c(C)c1.Cc1ccc(C(C)C)c(OC(C)(C)C)c1.Cc1ccc(C(C)C)cc1. The fourth-order valence-corrected chi connectivity index (χ4v) is 7.84. The summed E-state index contributed by atoms with van der Waals surface area (Å²) in [7, 11) is 6.56. The maximum Gasteiger partial charge on any atom is 0.269 e. The summed E-state index contributed by atoms with van der Waals surface area (Å²) in [5, 5.41) is 19.8. The molecule has 81 heavy (non-hydrogen) atoms. The van der Waals surface area contributed by atoms with Gasteiger partial charge in [0.05, 0.1) is 33.4 Å². The Morgan fingerprint density at radius 3 is 1.28 bits per heavy atom. The molecular weight excluding hydrogens is 1010 g/mol. The van der Waals surface area contributed by atoms with Crippen LogP contribution in [0.15, 0.2) is 115 Å². The van der Waals surface area contributed by atoms with Crippen LogP contribution >= 0.6 is 0 Å². The Balaban J connectivity index is 0. The number of hydrogen-bond donors (Lipinski definition) is 1. The molecule has 0 heterocycles. The zero-order valence-electron chi connectivity index (χ0n) is 53.1. The first-order chi connectivity index (χ1) is 36.7. The number of ether oxygens (including phenoxy) is 6. The molecule has 10 heteroatoms. The van der Waals surface area contributed by atoms with Crippen molar-refractivity contribution in [3.8, 4) is 40.2 Å². The minimum absolute atomic E-state index is 0. The van der Waals surface area contributed by atoms with Gasteiger partial charge in [0.2, 0.25) is 5.75 Å². The molecule has 0 aliphatic rings. The van der Waals surface area contributed by atoms with Crippen molar-refractivity contribution in [2.75, 3.05) is 28.4 Å². The van der Waals surface area contributed by atoms with Crippen LogP contribution in [0, 0.1) is 30.9 Å². The summed E-state index contributed by atoms with van der Waals surface area (Å²) < 4.78 is 32.8. The quantitative estimate of drug-likeness (QED) is 0.0891. The van der Waals surface area contributed by atoms with E-state index >= 15 is 0 Å². The first kappa shape index (κ1) is 76.4. The Hall–Kier alpha value is -6.68. The van der Waals surface area contributed by atoms with Crippen molar-refractivity contribution < 1.29 is 38.5 Å². The highest BCUT2D eigenvalue weighted by Gasteiger charge is 2.18. The van der Waals surface area contributed by atoms with Gasteiger partial charge in [-0.3, -0.25) is 10.1 Å². The average Bonchev–Trinajstić information content (AvgIpc) is 3.35. The number of nitro groups is 1. The fourth-order valence-electron chi connectivity index (χ4n) is 7.84. The number of rotatable bonds is 13. The third kappa shape index (κ3) is 28.0. The molecule has 0 bridgehead atoms. The van der Waals surface area contributed by atoms with Crippen LogP contribution in [0.1, 0.15) is 225 Å². The molecule has 0 amide bonds. The lowest BCUT2D eigenvalue weighted by molar-refractivity contribution is -0.385. The zero-order chi connectivity index (χ0) is 60.5. The number of benzene rings is 6. The number of hydrogen-bond acceptors (Lipinski definition) is 9. The highest BCUT2D eigenvalue weighted by molar-refractivity contribution is 5.54. The molecule has 1 N–H and O–H groups in total. The van der Waals surface area contributed by atoms with Crippen molar-refractivity contribution in [1.29, 1.82) is 0 Å². The topological polar surface area (TPSA) is 119 Å². The number of phenolic OH excluding ortho intramolecular Hbond substituents is 1. The van der Waals surface area contributed by atoms with E-state index in [4.69, 9.17) is 28.4 Å². The predicted octanol–water partition coefficient (Wildman–Crippen LogP) is 21.1. The molecule has 0 aliphatic heterocycles. The number of para-hydroxylation sites is 1. The van der Waals surface area contributed by atoms with Crippen molar-refractivity contribution in [2.24, 2.45) is 0 Å². The predicted molar refractivity (Wildman–Crippen MR) is 346 cm³/mol. The Bertz CT molecular complexity index is 2700. The second kappa shape index (κ2) is 36.6. The van der Waals surface area contributed by atoms with E-state index in [1.165, 1.54) is 62.7 Å². The molecule has 6 aromatic carbocycles. The summed E-state index contributed by atoms with van der Waals surface area (Å²) >= 11 is 0. The lowest BCUT2D eigenvalue weighted by Crippen LogP contribution is -2.23. The Kier molecular flexibility index (Phi) is 34.5. The number of nitro benzene ring substituents is 1. The van der Waals surface area contributed by atoms with Crippen LogP contribution in [0.4, 0.5) is 5.69 Å². The minimum Gasteiger partial charge on any atom is -0.508 e. The van der Waals surface area contributed by atoms with Crippen LogP contribution in [0.3, 0.4) is 0 Å². The van der Waals surface area contributed by atoms with Gasteiger partial charge in [0.15, 0.2) is 11.5 Å². The largest absolute Gasteiger partial charge is 0.508 e. The zero-order valence-corrected chi connectivity index (χ0v) is 53.1. The van der Waals surface area contributed by atoms with Gasteiger partial charge in [0.25, 0.3) is 5.69 Å². The first-order valence-corrected chi connectivity index (χ1v) is 27.8. The molecule has 0 saturated heterocycles. The van der Waals surface area contributed by atoms with Gasteiger partial charge in [-0.05, 0) is 179 Å². The number of non-ortho nitro benzene ring substituents is 1. The van der Waals surface area contributed by atoms with Crippen molar-refractivity contribution in [2.45, 2.75) is 207 Å². The van der Waals surface area contributed by atoms with Crippen LogP contribution in [0.25, 0.3) is 0 Å². The third-order valence-corrected chi connectivity index (χ3v) is 12.2. The summed E-state index contributed by atoms with van der Waals surface area (Å²) in [6.45, 7) is 44.4. The molecule has 0 unspecified atom stereocenters. The maximum atomic E-state index is 10.4.